The highest BCUT2D eigenvalue weighted by molar-refractivity contribution is 14.1. The van der Waals surface area contributed by atoms with Crippen molar-refractivity contribution in [3.05, 3.63) is 51.9 Å². The van der Waals surface area contributed by atoms with Crippen LogP contribution in [0.5, 0.6) is 0 Å². The molecule has 0 bridgehead atoms. The molecule has 0 fully saturated rings. The molecule has 0 aliphatic heterocycles. The van der Waals surface area contributed by atoms with Crippen LogP contribution in [0.3, 0.4) is 0 Å². The molecule has 0 aliphatic rings. The van der Waals surface area contributed by atoms with Crippen LogP contribution < -0.4 is 0 Å². The van der Waals surface area contributed by atoms with Crippen molar-refractivity contribution in [3.8, 4) is 11.3 Å². The number of benzene rings is 2. The van der Waals surface area contributed by atoms with Crippen LogP contribution in [-0.2, 0) is 0 Å². The summed E-state index contributed by atoms with van der Waals surface area (Å²) in [6.07, 6.45) is 1.98. The Hall–Kier alpha value is -1.01. The summed E-state index contributed by atoms with van der Waals surface area (Å²) in [7, 11) is 0. The summed E-state index contributed by atoms with van der Waals surface area (Å²) in [5, 5.41) is 0.834. The van der Waals surface area contributed by atoms with E-state index in [0.29, 0.717) is 0 Å². The maximum atomic E-state index is 13.4. The first-order valence-electron chi connectivity index (χ1n) is 5.71. The zero-order valence-electron chi connectivity index (χ0n) is 10.1. The van der Waals surface area contributed by atoms with Gasteiger partial charge in [-0.2, -0.15) is 0 Å². The molecule has 0 unspecified atom stereocenters. The first kappa shape index (κ1) is 13.0. The number of furan rings is 1. The number of hydrogen-bond donors (Lipinski definition) is 0. The Balaban J connectivity index is 2.25. The van der Waals surface area contributed by atoms with Crippen molar-refractivity contribution < 1.29 is 8.81 Å². The SMILES string of the molecule is CSc1c(-c2ccc(I)cc2)oc2ccc(F)cc12. The van der Waals surface area contributed by atoms with Crippen LogP contribution in [0.25, 0.3) is 22.3 Å². The first-order chi connectivity index (χ1) is 9.19. The highest BCUT2D eigenvalue weighted by Gasteiger charge is 2.15. The van der Waals surface area contributed by atoms with Crippen molar-refractivity contribution in [2.75, 3.05) is 6.26 Å². The van der Waals surface area contributed by atoms with Crippen molar-refractivity contribution in [2.45, 2.75) is 4.90 Å². The second-order valence-electron chi connectivity index (χ2n) is 4.11. The summed E-state index contributed by atoms with van der Waals surface area (Å²) >= 11 is 3.84. The van der Waals surface area contributed by atoms with Gasteiger partial charge in [-0.05, 0) is 59.2 Å². The number of fused-ring (bicyclic) bond motifs is 1. The van der Waals surface area contributed by atoms with E-state index in [2.05, 4.69) is 22.6 Å². The molecule has 96 valence electrons. The van der Waals surface area contributed by atoms with Crippen molar-refractivity contribution in [1.82, 2.24) is 0 Å². The highest BCUT2D eigenvalue weighted by atomic mass is 127. The molecule has 1 aromatic heterocycles. The third-order valence-corrected chi connectivity index (χ3v) is 4.45. The summed E-state index contributed by atoms with van der Waals surface area (Å²) in [6.45, 7) is 0. The van der Waals surface area contributed by atoms with Crippen molar-refractivity contribution in [1.29, 1.82) is 0 Å². The Morgan fingerprint density at radius 1 is 1.11 bits per heavy atom. The third-order valence-electron chi connectivity index (χ3n) is 2.92. The molecular weight excluding hydrogens is 374 g/mol. The minimum Gasteiger partial charge on any atom is -0.455 e. The van der Waals surface area contributed by atoms with Crippen LogP contribution >= 0.6 is 34.4 Å². The Bertz CT molecular complexity index is 734. The minimum atomic E-state index is -0.238. The number of thioether (sulfide) groups is 1. The second-order valence-corrected chi connectivity index (χ2v) is 6.17. The van der Waals surface area contributed by atoms with E-state index in [4.69, 9.17) is 4.42 Å². The van der Waals surface area contributed by atoms with Gasteiger partial charge in [0.25, 0.3) is 0 Å². The molecule has 1 nitrogen and oxygen atoms in total. The Morgan fingerprint density at radius 2 is 1.84 bits per heavy atom. The van der Waals surface area contributed by atoms with Gasteiger partial charge < -0.3 is 4.42 Å². The van der Waals surface area contributed by atoms with Gasteiger partial charge in [0.2, 0.25) is 0 Å². The number of rotatable bonds is 2. The van der Waals surface area contributed by atoms with E-state index in [9.17, 15) is 4.39 Å². The highest BCUT2D eigenvalue weighted by Crippen LogP contribution is 2.39. The zero-order valence-corrected chi connectivity index (χ0v) is 13.1. The summed E-state index contributed by atoms with van der Waals surface area (Å²) in [4.78, 5) is 0.982. The van der Waals surface area contributed by atoms with Crippen molar-refractivity contribution in [3.63, 3.8) is 0 Å². The van der Waals surface area contributed by atoms with Crippen LogP contribution in [0.1, 0.15) is 0 Å². The molecule has 0 saturated carbocycles. The van der Waals surface area contributed by atoms with Crippen LogP contribution in [-0.4, -0.2) is 6.26 Å². The summed E-state index contributed by atoms with van der Waals surface area (Å²) in [6, 6.07) is 12.8. The smallest absolute Gasteiger partial charge is 0.148 e. The standard InChI is InChI=1S/C15H10FIOS/c1-19-15-12-8-10(16)4-7-13(12)18-14(15)9-2-5-11(17)6-3-9/h2-8H,1H3. The van der Waals surface area contributed by atoms with Gasteiger partial charge in [-0.25, -0.2) is 4.39 Å². The van der Waals surface area contributed by atoms with E-state index in [0.717, 1.165) is 27.2 Å². The molecule has 0 atom stereocenters. The molecule has 3 rings (SSSR count). The minimum absolute atomic E-state index is 0.238. The molecule has 4 heteroatoms. The molecule has 0 saturated heterocycles. The molecular formula is C15H10FIOS. The third kappa shape index (κ3) is 2.39. The molecule has 0 aliphatic carbocycles. The van der Waals surface area contributed by atoms with Gasteiger partial charge in [0.15, 0.2) is 0 Å². The molecule has 1 heterocycles. The summed E-state index contributed by atoms with van der Waals surface area (Å²) in [5.41, 5.74) is 1.74. The maximum Gasteiger partial charge on any atom is 0.148 e. The normalized spacial score (nSPS) is 11.1. The molecule has 0 radical (unpaired) electrons. The Morgan fingerprint density at radius 3 is 2.53 bits per heavy atom. The largest absolute Gasteiger partial charge is 0.455 e. The van der Waals surface area contributed by atoms with E-state index >= 15 is 0 Å². The van der Waals surface area contributed by atoms with E-state index in [-0.39, 0.29) is 5.82 Å². The van der Waals surface area contributed by atoms with Gasteiger partial charge in [-0.3, -0.25) is 0 Å². The number of halogens is 2. The van der Waals surface area contributed by atoms with Gasteiger partial charge in [0.05, 0.1) is 4.90 Å². The zero-order chi connectivity index (χ0) is 13.4. The van der Waals surface area contributed by atoms with Gasteiger partial charge in [-0.15, -0.1) is 11.8 Å². The Labute approximate surface area is 128 Å². The van der Waals surface area contributed by atoms with Gasteiger partial charge in [-0.1, -0.05) is 12.1 Å². The average molecular weight is 384 g/mol. The average Bonchev–Trinajstić information content (AvgIpc) is 2.77. The van der Waals surface area contributed by atoms with E-state index in [1.165, 1.54) is 15.7 Å². The van der Waals surface area contributed by atoms with Gasteiger partial charge in [0.1, 0.15) is 17.2 Å². The maximum absolute atomic E-state index is 13.4. The molecule has 0 amide bonds. The second kappa shape index (κ2) is 5.17. The predicted molar refractivity (Wildman–Crippen MR) is 86.1 cm³/mol. The van der Waals surface area contributed by atoms with Gasteiger partial charge >= 0.3 is 0 Å². The predicted octanol–water partition coefficient (Wildman–Crippen LogP) is 5.57. The van der Waals surface area contributed by atoms with E-state index in [1.807, 2.05) is 30.5 Å². The monoisotopic (exact) mass is 384 g/mol. The van der Waals surface area contributed by atoms with Crippen molar-refractivity contribution in [2.24, 2.45) is 0 Å². The van der Waals surface area contributed by atoms with Crippen molar-refractivity contribution >= 4 is 45.3 Å². The lowest BCUT2D eigenvalue weighted by molar-refractivity contribution is 0.616. The lowest BCUT2D eigenvalue weighted by Crippen LogP contribution is -1.78. The lowest BCUT2D eigenvalue weighted by Gasteiger charge is -2.00. The van der Waals surface area contributed by atoms with Crippen LogP contribution in [0.15, 0.2) is 51.8 Å². The van der Waals surface area contributed by atoms with Crippen LogP contribution in [0.4, 0.5) is 4.39 Å². The van der Waals surface area contributed by atoms with E-state index in [1.54, 1.807) is 17.8 Å². The van der Waals surface area contributed by atoms with Crippen LogP contribution in [0, 0.1) is 9.39 Å². The fraction of sp³-hybridized carbons (Fsp3) is 0.0667. The number of hydrogen-bond acceptors (Lipinski definition) is 2. The van der Waals surface area contributed by atoms with Gasteiger partial charge in [0, 0.05) is 14.5 Å². The fourth-order valence-electron chi connectivity index (χ4n) is 2.04. The van der Waals surface area contributed by atoms with Crippen LogP contribution in [0.2, 0.25) is 0 Å². The molecule has 2 aromatic carbocycles. The molecule has 19 heavy (non-hydrogen) atoms. The quantitative estimate of drug-likeness (QED) is 0.424. The molecule has 0 N–H and O–H groups in total. The summed E-state index contributed by atoms with van der Waals surface area (Å²) in [5.74, 6) is 0.572. The molecule has 0 spiro atoms. The topological polar surface area (TPSA) is 13.1 Å². The van der Waals surface area contributed by atoms with E-state index < -0.39 is 0 Å². The summed E-state index contributed by atoms with van der Waals surface area (Å²) < 4.78 is 20.4. The fourth-order valence-corrected chi connectivity index (χ4v) is 3.13. The lowest BCUT2D eigenvalue weighted by atomic mass is 10.1. The Kier molecular flexibility index (Phi) is 3.54. The molecule has 3 aromatic rings. The first-order valence-corrected chi connectivity index (χ1v) is 8.01.